The molecule has 2 aromatic rings. The summed E-state index contributed by atoms with van der Waals surface area (Å²) in [6.07, 6.45) is 3.48. The Morgan fingerprint density at radius 3 is 2.50 bits per heavy atom. The van der Waals surface area contributed by atoms with Gasteiger partial charge in [-0.05, 0) is 24.6 Å². The summed E-state index contributed by atoms with van der Waals surface area (Å²) < 4.78 is 1.81. The SMILES string of the molecule is CC(O)c1ccc(N(C)Cc2cnn(C)c2)cc1. The van der Waals surface area contributed by atoms with E-state index in [9.17, 15) is 5.11 Å². The van der Waals surface area contributed by atoms with Gasteiger partial charge in [-0.2, -0.15) is 5.10 Å². The fourth-order valence-electron chi connectivity index (χ4n) is 1.93. The Bertz CT molecular complexity index is 502. The smallest absolute Gasteiger partial charge is 0.0761 e. The van der Waals surface area contributed by atoms with Gasteiger partial charge in [-0.25, -0.2) is 0 Å². The molecule has 0 bridgehead atoms. The molecule has 1 atom stereocenters. The highest BCUT2D eigenvalue weighted by Crippen LogP contribution is 2.19. The maximum atomic E-state index is 9.47. The standard InChI is InChI=1S/C14H19N3O/c1-11(18)13-4-6-14(7-5-13)16(2)9-12-8-15-17(3)10-12/h4-8,10-11,18H,9H2,1-3H3. The molecular weight excluding hydrogens is 226 g/mol. The van der Waals surface area contributed by atoms with E-state index in [1.807, 2.05) is 50.8 Å². The number of hydrogen-bond donors (Lipinski definition) is 1. The number of anilines is 1. The predicted octanol–water partition coefficient (Wildman–Crippen LogP) is 2.11. The Labute approximate surface area is 107 Å². The summed E-state index contributed by atoms with van der Waals surface area (Å²) in [5.41, 5.74) is 3.25. The van der Waals surface area contributed by atoms with Gasteiger partial charge in [0.05, 0.1) is 12.3 Å². The molecule has 0 aliphatic carbocycles. The van der Waals surface area contributed by atoms with E-state index in [0.717, 1.165) is 17.8 Å². The van der Waals surface area contributed by atoms with Gasteiger partial charge in [-0.3, -0.25) is 4.68 Å². The highest BCUT2D eigenvalue weighted by molar-refractivity contribution is 5.47. The first-order valence-electron chi connectivity index (χ1n) is 6.03. The first kappa shape index (κ1) is 12.6. The lowest BCUT2D eigenvalue weighted by atomic mass is 10.1. The number of aryl methyl sites for hydroxylation is 1. The summed E-state index contributed by atoms with van der Waals surface area (Å²) in [5, 5.41) is 13.6. The molecule has 4 heteroatoms. The lowest BCUT2D eigenvalue weighted by molar-refractivity contribution is 0.199. The monoisotopic (exact) mass is 245 g/mol. The molecule has 1 heterocycles. The van der Waals surface area contributed by atoms with Gasteiger partial charge in [0, 0.05) is 38.1 Å². The van der Waals surface area contributed by atoms with Crippen LogP contribution in [0.15, 0.2) is 36.7 Å². The molecule has 1 aromatic carbocycles. The van der Waals surface area contributed by atoms with Crippen LogP contribution in [0, 0.1) is 0 Å². The van der Waals surface area contributed by atoms with Gasteiger partial charge in [-0.1, -0.05) is 12.1 Å². The van der Waals surface area contributed by atoms with Crippen LogP contribution in [0.1, 0.15) is 24.2 Å². The molecule has 18 heavy (non-hydrogen) atoms. The van der Waals surface area contributed by atoms with E-state index in [-0.39, 0.29) is 0 Å². The molecule has 0 saturated heterocycles. The van der Waals surface area contributed by atoms with Crippen molar-refractivity contribution in [3.8, 4) is 0 Å². The highest BCUT2D eigenvalue weighted by Gasteiger charge is 2.05. The molecule has 0 aliphatic heterocycles. The van der Waals surface area contributed by atoms with Crippen molar-refractivity contribution in [2.75, 3.05) is 11.9 Å². The second kappa shape index (κ2) is 5.23. The molecule has 0 radical (unpaired) electrons. The molecule has 1 aromatic heterocycles. The van der Waals surface area contributed by atoms with E-state index in [1.165, 1.54) is 5.56 Å². The average molecular weight is 245 g/mol. The lowest BCUT2D eigenvalue weighted by Crippen LogP contribution is -2.15. The molecule has 2 rings (SSSR count). The Morgan fingerprint density at radius 1 is 1.33 bits per heavy atom. The summed E-state index contributed by atoms with van der Waals surface area (Å²) in [4.78, 5) is 2.16. The number of nitrogens with zero attached hydrogens (tertiary/aromatic N) is 3. The Morgan fingerprint density at radius 2 is 2.00 bits per heavy atom. The first-order chi connectivity index (χ1) is 8.56. The number of benzene rings is 1. The van der Waals surface area contributed by atoms with Gasteiger partial charge < -0.3 is 10.0 Å². The van der Waals surface area contributed by atoms with Crippen molar-refractivity contribution in [2.24, 2.45) is 7.05 Å². The second-order valence-electron chi connectivity index (χ2n) is 4.65. The van der Waals surface area contributed by atoms with Crippen LogP contribution < -0.4 is 4.90 Å². The van der Waals surface area contributed by atoms with Gasteiger partial charge in [0.2, 0.25) is 0 Å². The van der Waals surface area contributed by atoms with Crippen LogP contribution in [0.2, 0.25) is 0 Å². The third-order valence-corrected chi connectivity index (χ3v) is 2.99. The van der Waals surface area contributed by atoms with Gasteiger partial charge >= 0.3 is 0 Å². The molecule has 0 fully saturated rings. The number of aromatic nitrogens is 2. The number of rotatable bonds is 4. The number of hydrogen-bond acceptors (Lipinski definition) is 3. The van der Waals surface area contributed by atoms with Crippen LogP contribution in [0.4, 0.5) is 5.69 Å². The fraction of sp³-hybridized carbons (Fsp3) is 0.357. The normalized spacial score (nSPS) is 12.4. The fourth-order valence-corrected chi connectivity index (χ4v) is 1.93. The van der Waals surface area contributed by atoms with E-state index >= 15 is 0 Å². The van der Waals surface area contributed by atoms with E-state index in [1.54, 1.807) is 11.6 Å². The Kier molecular flexibility index (Phi) is 3.67. The van der Waals surface area contributed by atoms with E-state index in [2.05, 4.69) is 10.00 Å². The lowest BCUT2D eigenvalue weighted by Gasteiger charge is -2.19. The van der Waals surface area contributed by atoms with Gasteiger partial charge in [0.25, 0.3) is 0 Å². The van der Waals surface area contributed by atoms with E-state index in [4.69, 9.17) is 0 Å². The molecule has 96 valence electrons. The highest BCUT2D eigenvalue weighted by atomic mass is 16.3. The molecule has 0 amide bonds. The molecule has 0 aliphatic rings. The van der Waals surface area contributed by atoms with Crippen LogP contribution in [0.5, 0.6) is 0 Å². The minimum Gasteiger partial charge on any atom is -0.389 e. The maximum absolute atomic E-state index is 9.47. The van der Waals surface area contributed by atoms with Crippen molar-refractivity contribution < 1.29 is 5.11 Å². The maximum Gasteiger partial charge on any atom is 0.0761 e. The molecule has 1 N–H and O–H groups in total. The van der Waals surface area contributed by atoms with Crippen molar-refractivity contribution in [1.82, 2.24) is 9.78 Å². The Hall–Kier alpha value is -1.81. The third-order valence-electron chi connectivity index (χ3n) is 2.99. The van der Waals surface area contributed by atoms with E-state index in [0.29, 0.717) is 0 Å². The predicted molar refractivity (Wildman–Crippen MR) is 72.4 cm³/mol. The Balaban J connectivity index is 2.06. The van der Waals surface area contributed by atoms with Crippen LogP contribution in [-0.2, 0) is 13.6 Å². The van der Waals surface area contributed by atoms with Crippen molar-refractivity contribution in [2.45, 2.75) is 19.6 Å². The van der Waals surface area contributed by atoms with Crippen molar-refractivity contribution >= 4 is 5.69 Å². The zero-order valence-corrected chi connectivity index (χ0v) is 11.0. The molecule has 4 nitrogen and oxygen atoms in total. The largest absolute Gasteiger partial charge is 0.389 e. The minimum atomic E-state index is -0.414. The minimum absolute atomic E-state index is 0.414. The van der Waals surface area contributed by atoms with Crippen molar-refractivity contribution in [3.63, 3.8) is 0 Å². The van der Waals surface area contributed by atoms with Gasteiger partial charge in [0.1, 0.15) is 0 Å². The van der Waals surface area contributed by atoms with E-state index < -0.39 is 6.10 Å². The van der Waals surface area contributed by atoms with Crippen LogP contribution >= 0.6 is 0 Å². The first-order valence-corrected chi connectivity index (χ1v) is 6.03. The zero-order chi connectivity index (χ0) is 13.1. The summed E-state index contributed by atoms with van der Waals surface area (Å²) in [6.45, 7) is 2.59. The average Bonchev–Trinajstić information content (AvgIpc) is 2.75. The zero-order valence-electron chi connectivity index (χ0n) is 11.0. The molecule has 1 unspecified atom stereocenters. The molecule has 0 spiro atoms. The quantitative estimate of drug-likeness (QED) is 0.897. The molecule has 0 saturated carbocycles. The summed E-state index contributed by atoms with van der Waals surface area (Å²) in [7, 11) is 3.96. The molecular formula is C14H19N3O. The summed E-state index contributed by atoms with van der Waals surface area (Å²) in [5.74, 6) is 0. The van der Waals surface area contributed by atoms with Crippen LogP contribution in [0.3, 0.4) is 0 Å². The second-order valence-corrected chi connectivity index (χ2v) is 4.65. The van der Waals surface area contributed by atoms with Crippen molar-refractivity contribution in [3.05, 3.63) is 47.8 Å². The third kappa shape index (κ3) is 2.90. The van der Waals surface area contributed by atoms with Gasteiger partial charge in [0.15, 0.2) is 0 Å². The summed E-state index contributed by atoms with van der Waals surface area (Å²) >= 11 is 0. The number of aliphatic hydroxyl groups is 1. The summed E-state index contributed by atoms with van der Waals surface area (Å²) in [6, 6.07) is 7.97. The van der Waals surface area contributed by atoms with Crippen molar-refractivity contribution in [1.29, 1.82) is 0 Å². The van der Waals surface area contributed by atoms with Crippen LogP contribution in [0.25, 0.3) is 0 Å². The number of aliphatic hydroxyl groups excluding tert-OH is 1. The van der Waals surface area contributed by atoms with Gasteiger partial charge in [-0.15, -0.1) is 0 Å². The topological polar surface area (TPSA) is 41.3 Å². The van der Waals surface area contributed by atoms with Crippen LogP contribution in [-0.4, -0.2) is 21.9 Å².